The Bertz CT molecular complexity index is 240. The van der Waals surface area contributed by atoms with Crippen molar-refractivity contribution in [3.63, 3.8) is 0 Å². The van der Waals surface area contributed by atoms with Gasteiger partial charge in [-0.1, -0.05) is 41.5 Å². The van der Waals surface area contributed by atoms with Gasteiger partial charge in [-0.15, -0.1) is 0 Å². The van der Waals surface area contributed by atoms with Crippen LogP contribution in [0, 0.1) is 16.7 Å². The number of carbonyl (C=O) groups is 2. The van der Waals surface area contributed by atoms with Crippen LogP contribution in [-0.4, -0.2) is 16.9 Å². The molecule has 0 aromatic carbocycles. The van der Waals surface area contributed by atoms with Crippen molar-refractivity contribution in [2.45, 2.75) is 41.5 Å². The fourth-order valence-electron chi connectivity index (χ4n) is 1.31. The number of carboxylic acids is 1. The summed E-state index contributed by atoms with van der Waals surface area (Å²) in [5, 5.41) is 9.02. The second-order valence-electron chi connectivity index (χ2n) is 5.75. The molecule has 1 N–H and O–H groups in total. The minimum absolute atomic E-state index is 0.211. The van der Waals surface area contributed by atoms with Crippen molar-refractivity contribution in [1.29, 1.82) is 0 Å². The van der Waals surface area contributed by atoms with Crippen LogP contribution in [0.1, 0.15) is 41.5 Å². The van der Waals surface area contributed by atoms with Gasteiger partial charge in [-0.05, 0) is 5.41 Å². The molecular formula is C11H20O3. The highest BCUT2D eigenvalue weighted by Crippen LogP contribution is 2.33. The Morgan fingerprint density at radius 1 is 1.00 bits per heavy atom. The molecule has 0 radical (unpaired) electrons. The SMILES string of the molecule is CC(C)(C)C(=O)C(C(=O)O)C(C)(C)C. The van der Waals surface area contributed by atoms with Crippen LogP contribution in [-0.2, 0) is 9.59 Å². The van der Waals surface area contributed by atoms with Crippen molar-refractivity contribution in [2.24, 2.45) is 16.7 Å². The van der Waals surface area contributed by atoms with Crippen molar-refractivity contribution in [3.8, 4) is 0 Å². The van der Waals surface area contributed by atoms with Gasteiger partial charge < -0.3 is 5.11 Å². The van der Waals surface area contributed by atoms with Crippen molar-refractivity contribution >= 4 is 11.8 Å². The van der Waals surface area contributed by atoms with Gasteiger partial charge in [0.15, 0.2) is 5.78 Å². The molecule has 0 bridgehead atoms. The highest BCUT2D eigenvalue weighted by atomic mass is 16.4. The largest absolute Gasteiger partial charge is 0.481 e. The van der Waals surface area contributed by atoms with Crippen LogP contribution in [0.4, 0.5) is 0 Å². The predicted molar refractivity (Wildman–Crippen MR) is 55.0 cm³/mol. The maximum absolute atomic E-state index is 11.9. The maximum atomic E-state index is 11.9. The Hall–Kier alpha value is -0.860. The van der Waals surface area contributed by atoms with Gasteiger partial charge in [-0.25, -0.2) is 0 Å². The summed E-state index contributed by atoms with van der Waals surface area (Å²) in [6, 6.07) is 0. The van der Waals surface area contributed by atoms with E-state index in [9.17, 15) is 9.59 Å². The molecule has 3 heteroatoms. The van der Waals surface area contributed by atoms with Gasteiger partial charge >= 0.3 is 5.97 Å². The summed E-state index contributed by atoms with van der Waals surface area (Å²) in [5.41, 5.74) is -1.13. The van der Waals surface area contributed by atoms with Crippen LogP contribution in [0.25, 0.3) is 0 Å². The number of carbonyl (C=O) groups excluding carboxylic acids is 1. The second kappa shape index (κ2) is 3.71. The van der Waals surface area contributed by atoms with E-state index < -0.39 is 22.7 Å². The molecule has 3 nitrogen and oxygen atoms in total. The molecule has 82 valence electrons. The number of rotatable bonds is 2. The summed E-state index contributed by atoms with van der Waals surface area (Å²) in [7, 11) is 0. The Labute approximate surface area is 85.5 Å². The lowest BCUT2D eigenvalue weighted by Gasteiger charge is -2.30. The van der Waals surface area contributed by atoms with E-state index in [4.69, 9.17) is 5.11 Å². The third kappa shape index (κ3) is 3.13. The Balaban J connectivity index is 5.07. The Kier molecular flexibility index (Phi) is 3.49. The zero-order valence-electron chi connectivity index (χ0n) is 9.84. The van der Waals surface area contributed by atoms with Gasteiger partial charge in [0.1, 0.15) is 5.92 Å². The van der Waals surface area contributed by atoms with E-state index in [-0.39, 0.29) is 5.78 Å². The fraction of sp³-hybridized carbons (Fsp3) is 0.818. The topological polar surface area (TPSA) is 54.4 Å². The first kappa shape index (κ1) is 13.1. The standard InChI is InChI=1S/C11H20O3/c1-10(2,3)7(9(13)14)8(12)11(4,5)6/h7H,1-6H3,(H,13,14). The summed E-state index contributed by atoms with van der Waals surface area (Å²) in [6.45, 7) is 10.6. The van der Waals surface area contributed by atoms with Gasteiger partial charge in [0.25, 0.3) is 0 Å². The average molecular weight is 200 g/mol. The highest BCUT2D eigenvalue weighted by Gasteiger charge is 2.42. The molecular weight excluding hydrogens is 180 g/mol. The number of ketones is 1. The zero-order chi connectivity index (χ0) is 11.7. The zero-order valence-corrected chi connectivity index (χ0v) is 9.84. The molecule has 1 atom stereocenters. The molecule has 14 heavy (non-hydrogen) atoms. The molecule has 0 aromatic heterocycles. The number of carboxylic acid groups (broad SMARTS) is 1. The van der Waals surface area contributed by atoms with Gasteiger partial charge in [0, 0.05) is 5.41 Å². The number of hydrogen-bond donors (Lipinski definition) is 1. The Morgan fingerprint density at radius 3 is 1.43 bits per heavy atom. The van der Waals surface area contributed by atoms with E-state index in [1.807, 2.05) is 0 Å². The quantitative estimate of drug-likeness (QED) is 0.696. The molecule has 0 spiro atoms. The summed E-state index contributed by atoms with van der Waals surface area (Å²) < 4.78 is 0. The normalized spacial score (nSPS) is 15.0. The molecule has 0 aliphatic rings. The van der Waals surface area contributed by atoms with Crippen molar-refractivity contribution in [2.75, 3.05) is 0 Å². The minimum Gasteiger partial charge on any atom is -0.481 e. The smallest absolute Gasteiger partial charge is 0.314 e. The molecule has 0 fully saturated rings. The van der Waals surface area contributed by atoms with E-state index in [0.29, 0.717) is 0 Å². The van der Waals surface area contributed by atoms with Gasteiger partial charge in [-0.2, -0.15) is 0 Å². The van der Waals surface area contributed by atoms with Crippen LogP contribution < -0.4 is 0 Å². The second-order valence-corrected chi connectivity index (χ2v) is 5.75. The number of Topliss-reactive ketones (excluding diaryl/α,β-unsaturated/α-hetero) is 1. The summed E-state index contributed by atoms with van der Waals surface area (Å²) in [6.07, 6.45) is 0. The molecule has 0 heterocycles. The van der Waals surface area contributed by atoms with E-state index in [0.717, 1.165) is 0 Å². The van der Waals surface area contributed by atoms with Crippen LogP contribution in [0.2, 0.25) is 0 Å². The first-order valence-electron chi connectivity index (χ1n) is 4.75. The molecule has 0 aliphatic heterocycles. The van der Waals surface area contributed by atoms with Crippen molar-refractivity contribution < 1.29 is 14.7 Å². The summed E-state index contributed by atoms with van der Waals surface area (Å²) in [4.78, 5) is 22.9. The minimum atomic E-state index is -1.03. The number of hydrogen-bond acceptors (Lipinski definition) is 2. The number of aliphatic carboxylic acids is 1. The first-order chi connectivity index (χ1) is 5.98. The molecule has 0 saturated carbocycles. The lowest BCUT2D eigenvalue weighted by atomic mass is 9.71. The maximum Gasteiger partial charge on any atom is 0.314 e. The molecule has 0 amide bonds. The molecule has 0 rings (SSSR count). The average Bonchev–Trinajstić information content (AvgIpc) is 1.79. The van der Waals surface area contributed by atoms with Crippen LogP contribution in [0.15, 0.2) is 0 Å². The Morgan fingerprint density at radius 2 is 1.36 bits per heavy atom. The van der Waals surface area contributed by atoms with Gasteiger partial charge in [0.2, 0.25) is 0 Å². The molecule has 0 aromatic rings. The third-order valence-electron chi connectivity index (χ3n) is 2.11. The molecule has 1 unspecified atom stereocenters. The van der Waals surface area contributed by atoms with E-state index in [1.54, 1.807) is 41.5 Å². The van der Waals surface area contributed by atoms with Crippen LogP contribution in [0.3, 0.4) is 0 Å². The van der Waals surface area contributed by atoms with Crippen molar-refractivity contribution in [1.82, 2.24) is 0 Å². The lowest BCUT2D eigenvalue weighted by Crippen LogP contribution is -2.41. The fourth-order valence-corrected chi connectivity index (χ4v) is 1.31. The van der Waals surface area contributed by atoms with Gasteiger partial charge in [0.05, 0.1) is 0 Å². The van der Waals surface area contributed by atoms with Crippen LogP contribution in [0.5, 0.6) is 0 Å². The van der Waals surface area contributed by atoms with Crippen molar-refractivity contribution in [3.05, 3.63) is 0 Å². The van der Waals surface area contributed by atoms with E-state index in [1.165, 1.54) is 0 Å². The van der Waals surface area contributed by atoms with E-state index >= 15 is 0 Å². The third-order valence-corrected chi connectivity index (χ3v) is 2.11. The summed E-state index contributed by atoms with van der Waals surface area (Å²) in [5.74, 6) is -2.17. The van der Waals surface area contributed by atoms with Crippen LogP contribution >= 0.6 is 0 Å². The van der Waals surface area contributed by atoms with Gasteiger partial charge in [-0.3, -0.25) is 9.59 Å². The first-order valence-corrected chi connectivity index (χ1v) is 4.75. The summed E-state index contributed by atoms with van der Waals surface area (Å²) >= 11 is 0. The van der Waals surface area contributed by atoms with E-state index in [2.05, 4.69) is 0 Å². The molecule has 0 saturated heterocycles. The lowest BCUT2D eigenvalue weighted by molar-refractivity contribution is -0.153. The highest BCUT2D eigenvalue weighted by molar-refractivity contribution is 6.01. The molecule has 0 aliphatic carbocycles. The predicted octanol–water partition coefficient (Wildman–Crippen LogP) is 2.35. The monoisotopic (exact) mass is 200 g/mol.